The molecule has 0 aliphatic carbocycles. The van der Waals surface area contributed by atoms with Gasteiger partial charge < -0.3 is 4.74 Å². The molecule has 1 rings (SSSR count). The third-order valence-electron chi connectivity index (χ3n) is 2.61. The Morgan fingerprint density at radius 2 is 1.88 bits per heavy atom. The minimum Gasteiger partial charge on any atom is -0.459 e. The first-order chi connectivity index (χ1) is 7.67. The molecule has 1 aromatic carbocycles. The second-order valence-electron chi connectivity index (χ2n) is 4.07. The Bertz CT molecular complexity index is 327. The van der Waals surface area contributed by atoms with Gasteiger partial charge in [-0.25, -0.2) is 4.79 Å². The van der Waals surface area contributed by atoms with E-state index >= 15 is 0 Å². The largest absolute Gasteiger partial charge is 0.459 e. The number of aryl methyl sites for hydroxylation is 1. The van der Waals surface area contributed by atoms with Crippen molar-refractivity contribution in [3.63, 3.8) is 0 Å². The van der Waals surface area contributed by atoms with Crippen molar-refractivity contribution >= 4 is 5.97 Å². The predicted molar refractivity (Wildman–Crippen MR) is 65.6 cm³/mol. The van der Waals surface area contributed by atoms with Gasteiger partial charge in [-0.3, -0.25) is 0 Å². The van der Waals surface area contributed by atoms with E-state index in [9.17, 15) is 4.79 Å². The molecule has 1 atom stereocenters. The Labute approximate surface area is 97.6 Å². The van der Waals surface area contributed by atoms with Gasteiger partial charge in [0.1, 0.15) is 0 Å². The third-order valence-corrected chi connectivity index (χ3v) is 2.61. The molecule has 0 aliphatic rings. The summed E-state index contributed by atoms with van der Waals surface area (Å²) in [4.78, 5) is 11.7. The van der Waals surface area contributed by atoms with Crippen molar-refractivity contribution in [1.82, 2.24) is 0 Å². The van der Waals surface area contributed by atoms with Gasteiger partial charge in [0.05, 0.1) is 11.7 Å². The molecule has 0 N–H and O–H groups in total. The quantitative estimate of drug-likeness (QED) is 0.709. The summed E-state index contributed by atoms with van der Waals surface area (Å²) in [6.07, 6.45) is 3.01. The number of carbonyl (C=O) groups is 1. The zero-order chi connectivity index (χ0) is 12.0. The molecule has 0 aromatic heterocycles. The molecule has 2 heteroatoms. The summed E-state index contributed by atoms with van der Waals surface area (Å²) in [6.45, 7) is 6.05. The molecular formula is C14H20O2. The fraction of sp³-hybridized carbons (Fsp3) is 0.500. The maximum absolute atomic E-state index is 11.7. The third kappa shape index (κ3) is 3.69. The van der Waals surface area contributed by atoms with Crippen molar-refractivity contribution in [2.75, 3.05) is 0 Å². The van der Waals surface area contributed by atoms with E-state index < -0.39 is 0 Å². The van der Waals surface area contributed by atoms with Crippen LogP contribution in [-0.4, -0.2) is 12.1 Å². The summed E-state index contributed by atoms with van der Waals surface area (Å²) in [6, 6.07) is 7.68. The Balaban J connectivity index is 2.63. The van der Waals surface area contributed by atoms with Crippen LogP contribution >= 0.6 is 0 Å². The summed E-state index contributed by atoms with van der Waals surface area (Å²) in [5, 5.41) is 0. The topological polar surface area (TPSA) is 26.3 Å². The minimum atomic E-state index is -0.225. The van der Waals surface area contributed by atoms with E-state index in [2.05, 4.69) is 6.92 Å². The average Bonchev–Trinajstić information content (AvgIpc) is 2.30. The van der Waals surface area contributed by atoms with Crippen molar-refractivity contribution in [2.45, 2.75) is 46.1 Å². The van der Waals surface area contributed by atoms with Gasteiger partial charge in [0, 0.05) is 0 Å². The van der Waals surface area contributed by atoms with E-state index in [0.29, 0.717) is 5.56 Å². The van der Waals surface area contributed by atoms with Crippen molar-refractivity contribution in [3.8, 4) is 0 Å². The Hall–Kier alpha value is -1.31. The highest BCUT2D eigenvalue weighted by molar-refractivity contribution is 5.89. The number of esters is 1. The molecule has 0 amide bonds. The van der Waals surface area contributed by atoms with Crippen LogP contribution in [0.1, 0.15) is 49.5 Å². The Morgan fingerprint density at radius 1 is 1.25 bits per heavy atom. The summed E-state index contributed by atoms with van der Waals surface area (Å²) >= 11 is 0. The van der Waals surface area contributed by atoms with E-state index in [0.717, 1.165) is 19.3 Å². The number of hydrogen-bond acceptors (Lipinski definition) is 2. The van der Waals surface area contributed by atoms with Crippen molar-refractivity contribution < 1.29 is 9.53 Å². The van der Waals surface area contributed by atoms with Gasteiger partial charge in [-0.15, -0.1) is 0 Å². The van der Waals surface area contributed by atoms with Crippen LogP contribution in [0.4, 0.5) is 0 Å². The van der Waals surface area contributed by atoms with E-state index in [1.807, 2.05) is 38.1 Å². The second-order valence-corrected chi connectivity index (χ2v) is 4.07. The lowest BCUT2D eigenvalue weighted by Gasteiger charge is -2.10. The van der Waals surface area contributed by atoms with Gasteiger partial charge in [-0.05, 0) is 37.5 Å². The first-order valence-electron chi connectivity index (χ1n) is 5.97. The van der Waals surface area contributed by atoms with Crippen LogP contribution in [0, 0.1) is 0 Å². The number of benzene rings is 1. The fourth-order valence-corrected chi connectivity index (χ4v) is 1.43. The molecule has 0 aliphatic heterocycles. The average molecular weight is 220 g/mol. The molecule has 2 nitrogen and oxygen atoms in total. The predicted octanol–water partition coefficient (Wildman–Crippen LogP) is 3.59. The SMILES string of the molecule is CCCc1ccc(C(=O)OC(C)CC)cc1. The summed E-state index contributed by atoms with van der Waals surface area (Å²) in [5.74, 6) is -0.225. The lowest BCUT2D eigenvalue weighted by molar-refractivity contribution is 0.0334. The molecule has 0 spiro atoms. The molecule has 0 heterocycles. The normalized spacial score (nSPS) is 12.2. The lowest BCUT2D eigenvalue weighted by atomic mass is 10.1. The lowest BCUT2D eigenvalue weighted by Crippen LogP contribution is -2.13. The van der Waals surface area contributed by atoms with Gasteiger partial charge in [0.2, 0.25) is 0 Å². The van der Waals surface area contributed by atoms with Crippen LogP contribution in [0.25, 0.3) is 0 Å². The van der Waals surface area contributed by atoms with Crippen LogP contribution in [0.15, 0.2) is 24.3 Å². The zero-order valence-electron chi connectivity index (χ0n) is 10.3. The summed E-state index contributed by atoms with van der Waals surface area (Å²) < 4.78 is 5.25. The van der Waals surface area contributed by atoms with Crippen LogP contribution in [-0.2, 0) is 11.2 Å². The van der Waals surface area contributed by atoms with Crippen LogP contribution < -0.4 is 0 Å². The van der Waals surface area contributed by atoms with E-state index in [4.69, 9.17) is 4.74 Å². The second kappa shape index (κ2) is 6.31. The maximum atomic E-state index is 11.7. The van der Waals surface area contributed by atoms with E-state index in [1.165, 1.54) is 5.56 Å². The van der Waals surface area contributed by atoms with Crippen molar-refractivity contribution in [2.24, 2.45) is 0 Å². The molecule has 0 radical (unpaired) electrons. The first-order valence-corrected chi connectivity index (χ1v) is 5.97. The smallest absolute Gasteiger partial charge is 0.338 e. The number of ether oxygens (including phenoxy) is 1. The number of carbonyl (C=O) groups excluding carboxylic acids is 1. The van der Waals surface area contributed by atoms with Crippen LogP contribution in [0.3, 0.4) is 0 Å². The number of rotatable bonds is 5. The monoisotopic (exact) mass is 220 g/mol. The molecule has 16 heavy (non-hydrogen) atoms. The molecule has 0 fully saturated rings. The van der Waals surface area contributed by atoms with Gasteiger partial charge in [-0.1, -0.05) is 32.4 Å². The summed E-state index contributed by atoms with van der Waals surface area (Å²) in [5.41, 5.74) is 1.91. The van der Waals surface area contributed by atoms with Gasteiger partial charge in [0.25, 0.3) is 0 Å². The zero-order valence-corrected chi connectivity index (χ0v) is 10.3. The van der Waals surface area contributed by atoms with Gasteiger partial charge >= 0.3 is 5.97 Å². The first kappa shape index (κ1) is 12.8. The molecular weight excluding hydrogens is 200 g/mol. The standard InChI is InChI=1S/C14H20O2/c1-4-6-12-7-9-13(10-8-12)14(15)16-11(3)5-2/h7-11H,4-6H2,1-3H3. The number of hydrogen-bond donors (Lipinski definition) is 0. The van der Waals surface area contributed by atoms with E-state index in [1.54, 1.807) is 0 Å². The summed E-state index contributed by atoms with van der Waals surface area (Å²) in [7, 11) is 0. The van der Waals surface area contributed by atoms with Crippen LogP contribution in [0.5, 0.6) is 0 Å². The fourth-order valence-electron chi connectivity index (χ4n) is 1.43. The maximum Gasteiger partial charge on any atom is 0.338 e. The Kier molecular flexibility index (Phi) is 5.03. The molecule has 0 saturated heterocycles. The molecule has 88 valence electrons. The van der Waals surface area contributed by atoms with Gasteiger partial charge in [-0.2, -0.15) is 0 Å². The van der Waals surface area contributed by atoms with Crippen molar-refractivity contribution in [1.29, 1.82) is 0 Å². The van der Waals surface area contributed by atoms with Crippen LogP contribution in [0.2, 0.25) is 0 Å². The van der Waals surface area contributed by atoms with Gasteiger partial charge in [0.15, 0.2) is 0 Å². The highest BCUT2D eigenvalue weighted by Crippen LogP contribution is 2.09. The van der Waals surface area contributed by atoms with E-state index in [-0.39, 0.29) is 12.1 Å². The highest BCUT2D eigenvalue weighted by Gasteiger charge is 2.09. The highest BCUT2D eigenvalue weighted by atomic mass is 16.5. The molecule has 0 saturated carbocycles. The Morgan fingerprint density at radius 3 is 2.38 bits per heavy atom. The molecule has 1 aromatic rings. The molecule has 1 unspecified atom stereocenters. The minimum absolute atomic E-state index is 0.0113. The van der Waals surface area contributed by atoms with Crippen molar-refractivity contribution in [3.05, 3.63) is 35.4 Å². The molecule has 0 bridgehead atoms.